The second-order valence-corrected chi connectivity index (χ2v) is 0. The molecule has 2 heteroatoms. The van der Waals surface area contributed by atoms with Crippen LogP contribution in [0.1, 0.15) is 0 Å². The molecule has 0 bridgehead atoms. The monoisotopic (exact) mass is 91.0 g/mol. The molecule has 0 aliphatic rings. The van der Waals surface area contributed by atoms with Gasteiger partial charge in [-0.05, 0) is 0 Å². The summed E-state index contributed by atoms with van der Waals surface area (Å²) in [5, 5.41) is 0. The van der Waals surface area contributed by atoms with Crippen molar-refractivity contribution in [1.82, 2.24) is 0 Å². The van der Waals surface area contributed by atoms with Gasteiger partial charge in [0.2, 0.25) is 0 Å². The Bertz CT molecular complexity index is 6.00. The molecule has 0 amide bonds. The van der Waals surface area contributed by atoms with Crippen molar-refractivity contribution >= 4 is 67.3 Å². The fraction of sp³-hybridized carbons (Fsp3) is 0. The molecule has 0 atom stereocenters. The molecule has 0 rings (SSSR count). The number of rotatable bonds is 0. The van der Waals surface area contributed by atoms with Crippen molar-refractivity contribution in [1.29, 1.82) is 0 Å². The molecule has 0 aliphatic carbocycles. The Kier molecular flexibility index (Phi) is 83.3. The molecule has 0 aromatic carbocycles. The van der Waals surface area contributed by atoms with E-state index in [1.54, 1.807) is 0 Å². The smallest absolute Gasteiger partial charge is 0 e. The maximum Gasteiger partial charge on any atom is 0 e. The van der Waals surface area contributed by atoms with Crippen LogP contribution in [0.4, 0.5) is 0 Å². The summed E-state index contributed by atoms with van der Waals surface area (Å²) in [5.41, 5.74) is 0. The molecule has 0 spiro atoms. The van der Waals surface area contributed by atoms with Crippen molar-refractivity contribution in [2.75, 3.05) is 0 Å². The summed E-state index contributed by atoms with van der Waals surface area (Å²) in [5.74, 6) is 0. The summed E-state index contributed by atoms with van der Waals surface area (Å²) in [4.78, 5) is 0. The Hall–Kier alpha value is 2.00. The predicted octanol–water partition coefficient (Wildman–Crippen LogP) is 0.0406. The van der Waals surface area contributed by atoms with E-state index in [1.807, 2.05) is 0 Å². The summed E-state index contributed by atoms with van der Waals surface area (Å²) >= 11 is 0. The summed E-state index contributed by atoms with van der Waals surface area (Å²) in [6.07, 6.45) is 0. The first-order chi connectivity index (χ1) is 1.00. The molecule has 0 N–H and O–H groups in total. The molecule has 0 unspecified atom stereocenters. The molecule has 4 heavy (non-hydrogen) atoms. The normalized spacial score (nSPS) is 1.00. The van der Waals surface area contributed by atoms with Gasteiger partial charge in [-0.25, -0.2) is 0 Å². The van der Waals surface area contributed by atoms with Gasteiger partial charge in [-0.1, -0.05) is 0 Å². The Morgan fingerprint density at radius 3 is 1.00 bits per heavy atom. The molecule has 0 aromatic heterocycles. The van der Waals surface area contributed by atoms with Crippen LogP contribution in [0.2, 0.25) is 0 Å². The largest absolute Gasteiger partial charge is 0.106 e. The van der Waals surface area contributed by atoms with E-state index in [0.29, 0.717) is 0 Å². The van der Waals surface area contributed by atoms with Crippen LogP contribution in [0.5, 0.6) is 0 Å². The minimum absolute atomic E-state index is 0. The third-order valence-corrected chi connectivity index (χ3v) is 0. The number of hydrogen-bond donors (Lipinski definition) is 0. The van der Waals surface area contributed by atoms with E-state index in [9.17, 15) is 0 Å². The van der Waals surface area contributed by atoms with Crippen molar-refractivity contribution in [2.24, 2.45) is 0 Å². The van der Waals surface area contributed by atoms with Crippen LogP contribution >= 0.6 is 0 Å². The average molecular weight is 91.1 g/mol. The molecule has 0 nitrogen and oxygen atoms in total. The Labute approximate surface area is 78.9 Å². The standard InChI is InChI=1S/C2H4.Ca.Na/c1-2;;/h1-2H2;;. The molecule has 0 saturated heterocycles. The van der Waals surface area contributed by atoms with E-state index >= 15 is 0 Å². The van der Waals surface area contributed by atoms with Gasteiger partial charge in [-0.15, -0.1) is 13.2 Å². The van der Waals surface area contributed by atoms with E-state index in [1.165, 1.54) is 0 Å². The third-order valence-electron chi connectivity index (χ3n) is 0. The van der Waals surface area contributed by atoms with Crippen molar-refractivity contribution in [2.45, 2.75) is 0 Å². The van der Waals surface area contributed by atoms with Gasteiger partial charge in [0.1, 0.15) is 0 Å². The van der Waals surface area contributed by atoms with Gasteiger partial charge in [-0.2, -0.15) is 0 Å². The molecular formula is C2H4CaNa. The summed E-state index contributed by atoms with van der Waals surface area (Å²) in [6, 6.07) is 0. The van der Waals surface area contributed by atoms with Crippen LogP contribution in [0.15, 0.2) is 13.2 Å². The molecule has 0 heterocycles. The van der Waals surface area contributed by atoms with Crippen LogP contribution < -0.4 is 0 Å². The van der Waals surface area contributed by atoms with Crippen molar-refractivity contribution in [3.05, 3.63) is 13.2 Å². The predicted molar refractivity (Wildman–Crippen MR) is 22.8 cm³/mol. The first-order valence-electron chi connectivity index (χ1n) is 0.500. The average Bonchev–Trinajstić information content (AvgIpc) is 1.00. The van der Waals surface area contributed by atoms with Crippen LogP contribution in [-0.4, -0.2) is 67.3 Å². The fourth-order valence-electron chi connectivity index (χ4n) is 0. The minimum atomic E-state index is 0. The summed E-state index contributed by atoms with van der Waals surface area (Å²) in [6.45, 7) is 6.00. The second kappa shape index (κ2) is 20.0. The van der Waals surface area contributed by atoms with Crippen molar-refractivity contribution < 1.29 is 0 Å². The number of hydrogen-bond acceptors (Lipinski definition) is 0. The van der Waals surface area contributed by atoms with E-state index in [-0.39, 0.29) is 67.3 Å². The zero-order valence-electron chi connectivity index (χ0n) is 3.12. The quantitative estimate of drug-likeness (QED) is 0.292. The second-order valence-electron chi connectivity index (χ2n) is 0. The first-order valence-corrected chi connectivity index (χ1v) is 0.500. The molecule has 0 fully saturated rings. The van der Waals surface area contributed by atoms with Gasteiger partial charge in [0, 0.05) is 67.3 Å². The van der Waals surface area contributed by atoms with Crippen molar-refractivity contribution in [3.63, 3.8) is 0 Å². The first kappa shape index (κ1) is 16.7. The van der Waals surface area contributed by atoms with Gasteiger partial charge < -0.3 is 0 Å². The summed E-state index contributed by atoms with van der Waals surface area (Å²) < 4.78 is 0. The van der Waals surface area contributed by atoms with Crippen molar-refractivity contribution in [3.8, 4) is 0 Å². The Morgan fingerprint density at radius 2 is 1.00 bits per heavy atom. The molecule has 3 radical (unpaired) electrons. The van der Waals surface area contributed by atoms with Gasteiger partial charge in [0.25, 0.3) is 0 Å². The van der Waals surface area contributed by atoms with E-state index < -0.39 is 0 Å². The van der Waals surface area contributed by atoms with Gasteiger partial charge >= 0.3 is 0 Å². The fourth-order valence-corrected chi connectivity index (χ4v) is 0. The van der Waals surface area contributed by atoms with E-state index in [4.69, 9.17) is 0 Å². The van der Waals surface area contributed by atoms with Crippen LogP contribution in [-0.2, 0) is 0 Å². The topological polar surface area (TPSA) is 0 Å². The van der Waals surface area contributed by atoms with E-state index in [0.717, 1.165) is 0 Å². The Balaban J connectivity index is -0.00000000500. The SMILES string of the molecule is C=C.[Ca].[Na]. The zero-order valence-corrected chi connectivity index (χ0v) is 7.33. The van der Waals surface area contributed by atoms with Gasteiger partial charge in [-0.3, -0.25) is 0 Å². The Morgan fingerprint density at radius 1 is 1.00 bits per heavy atom. The minimum Gasteiger partial charge on any atom is -0.106 e. The summed E-state index contributed by atoms with van der Waals surface area (Å²) in [7, 11) is 0. The molecule has 0 aromatic rings. The van der Waals surface area contributed by atoms with Gasteiger partial charge in [0.05, 0.1) is 0 Å². The van der Waals surface area contributed by atoms with Crippen LogP contribution in [0.25, 0.3) is 0 Å². The zero-order chi connectivity index (χ0) is 2.00. The molecule has 0 saturated carbocycles. The van der Waals surface area contributed by atoms with Crippen LogP contribution in [0, 0.1) is 0 Å². The molecular weight excluding hydrogens is 87.1 g/mol. The van der Waals surface area contributed by atoms with E-state index in [2.05, 4.69) is 13.2 Å². The third kappa shape index (κ3) is 9.00. The molecule has 0 aliphatic heterocycles. The van der Waals surface area contributed by atoms with Gasteiger partial charge in [0.15, 0.2) is 0 Å². The maximum absolute atomic E-state index is 3.00. The molecule has 15 valence electrons. The van der Waals surface area contributed by atoms with Crippen LogP contribution in [0.3, 0.4) is 0 Å². The maximum atomic E-state index is 3.00.